The highest BCUT2D eigenvalue weighted by molar-refractivity contribution is 5.98. The van der Waals surface area contributed by atoms with Crippen LogP contribution in [0.2, 0.25) is 0 Å². The fourth-order valence-corrected chi connectivity index (χ4v) is 0.827. The molecular formula is C12H22N2O. The zero-order valence-electron chi connectivity index (χ0n) is 10.6. The normalized spacial score (nSPS) is 9.33. The van der Waals surface area contributed by atoms with Crippen molar-refractivity contribution in [1.29, 1.82) is 0 Å². The summed E-state index contributed by atoms with van der Waals surface area (Å²) in [6.07, 6.45) is 1.61. The first kappa shape index (κ1) is 16.1. The number of aromatic nitrogens is 1. The molecule has 0 bridgehead atoms. The number of rotatable bonds is 1. The van der Waals surface area contributed by atoms with Gasteiger partial charge < -0.3 is 4.98 Å². The van der Waals surface area contributed by atoms with Crippen LogP contribution in [0.4, 0.5) is 0 Å². The summed E-state index contributed by atoms with van der Waals surface area (Å²) in [5.74, 6) is 0. The van der Waals surface area contributed by atoms with Gasteiger partial charge >= 0.3 is 0 Å². The van der Waals surface area contributed by atoms with Crippen LogP contribution in [0, 0.1) is 0 Å². The number of nitrogens with zero attached hydrogens (tertiary/aromatic N) is 1. The number of hydrogen-bond donors (Lipinski definition) is 1. The van der Waals surface area contributed by atoms with Gasteiger partial charge in [0, 0.05) is 19.0 Å². The highest BCUT2D eigenvalue weighted by Gasteiger charge is 1.98. The first-order valence-electron chi connectivity index (χ1n) is 5.37. The average molecular weight is 210 g/mol. The maximum absolute atomic E-state index is 11.1. The molecular weight excluding hydrogens is 188 g/mol. The Bertz CT molecular complexity index is 326. The lowest BCUT2D eigenvalue weighted by Crippen LogP contribution is -2.14. The number of pyridine rings is 1. The topological polar surface area (TPSA) is 45.2 Å². The third kappa shape index (κ3) is 5.83. The van der Waals surface area contributed by atoms with E-state index in [9.17, 15) is 4.79 Å². The second-order valence-corrected chi connectivity index (χ2v) is 2.22. The summed E-state index contributed by atoms with van der Waals surface area (Å²) < 4.78 is 0. The lowest BCUT2D eigenvalue weighted by molar-refractivity contribution is 1.22. The maximum atomic E-state index is 11.1. The quantitative estimate of drug-likeness (QED) is 0.712. The highest BCUT2D eigenvalue weighted by Crippen LogP contribution is 1.91. The number of aliphatic imine (C=N–C) groups is 1. The van der Waals surface area contributed by atoms with Gasteiger partial charge in [-0.1, -0.05) is 27.7 Å². The van der Waals surface area contributed by atoms with Gasteiger partial charge in [0.05, 0.1) is 5.56 Å². The molecule has 0 aliphatic carbocycles. The van der Waals surface area contributed by atoms with Gasteiger partial charge in [0.15, 0.2) is 0 Å². The molecule has 1 heterocycles. The summed E-state index contributed by atoms with van der Waals surface area (Å²) >= 11 is 0. The van der Waals surface area contributed by atoms with Crippen LogP contribution in [0.15, 0.2) is 28.1 Å². The third-order valence-electron chi connectivity index (χ3n) is 1.54. The molecule has 1 N–H and O–H groups in total. The van der Waals surface area contributed by atoms with Crippen molar-refractivity contribution >= 4 is 5.71 Å². The predicted molar refractivity (Wildman–Crippen MR) is 67.9 cm³/mol. The Morgan fingerprint density at radius 1 is 1.27 bits per heavy atom. The Balaban J connectivity index is 0. The molecule has 0 atom stereocenters. The Hall–Kier alpha value is -1.38. The SMILES string of the molecule is CC.CC.CN=C(C)c1ccc[nH]c1=O. The van der Waals surface area contributed by atoms with E-state index in [1.807, 2.05) is 34.6 Å². The standard InChI is InChI=1S/C8H10N2O.2C2H6/c1-6(9-2)7-4-3-5-10-8(7)11;2*1-2/h3-5H,1-2H3,(H,10,11);2*1-2H3. The number of hydrogen-bond acceptors (Lipinski definition) is 2. The van der Waals surface area contributed by atoms with Crippen molar-refractivity contribution in [3.63, 3.8) is 0 Å². The van der Waals surface area contributed by atoms with Crippen LogP contribution in [0.1, 0.15) is 40.2 Å². The van der Waals surface area contributed by atoms with Crippen molar-refractivity contribution in [3.05, 3.63) is 34.2 Å². The van der Waals surface area contributed by atoms with E-state index in [0.29, 0.717) is 5.56 Å². The summed E-state index contributed by atoms with van der Waals surface area (Å²) in [4.78, 5) is 17.6. The van der Waals surface area contributed by atoms with E-state index in [4.69, 9.17) is 0 Å². The summed E-state index contributed by atoms with van der Waals surface area (Å²) in [7, 11) is 1.67. The summed E-state index contributed by atoms with van der Waals surface area (Å²) in [6.45, 7) is 9.81. The highest BCUT2D eigenvalue weighted by atomic mass is 16.1. The molecule has 0 fully saturated rings. The van der Waals surface area contributed by atoms with Crippen LogP contribution in [-0.4, -0.2) is 17.7 Å². The molecule has 1 aromatic heterocycles. The zero-order chi connectivity index (χ0) is 12.3. The van der Waals surface area contributed by atoms with Crippen LogP contribution in [0.25, 0.3) is 0 Å². The molecule has 15 heavy (non-hydrogen) atoms. The first-order valence-corrected chi connectivity index (χ1v) is 5.37. The number of aromatic amines is 1. The molecule has 1 aromatic rings. The number of nitrogens with one attached hydrogen (secondary N) is 1. The van der Waals surface area contributed by atoms with Gasteiger partial charge in [0.25, 0.3) is 5.56 Å². The molecule has 0 spiro atoms. The Kier molecular flexibility index (Phi) is 11.5. The van der Waals surface area contributed by atoms with Gasteiger partial charge in [-0.3, -0.25) is 9.79 Å². The van der Waals surface area contributed by atoms with Crippen LogP contribution >= 0.6 is 0 Å². The maximum Gasteiger partial charge on any atom is 0.257 e. The summed E-state index contributed by atoms with van der Waals surface area (Å²) in [6, 6.07) is 3.53. The van der Waals surface area contributed by atoms with Crippen molar-refractivity contribution < 1.29 is 0 Å². The van der Waals surface area contributed by atoms with Crippen molar-refractivity contribution in [2.75, 3.05) is 7.05 Å². The van der Waals surface area contributed by atoms with E-state index < -0.39 is 0 Å². The minimum Gasteiger partial charge on any atom is -0.329 e. The van der Waals surface area contributed by atoms with Gasteiger partial charge in [-0.2, -0.15) is 0 Å². The molecule has 0 aliphatic rings. The van der Waals surface area contributed by atoms with Gasteiger partial charge in [-0.15, -0.1) is 0 Å². The molecule has 3 nitrogen and oxygen atoms in total. The molecule has 0 aliphatic heterocycles. The van der Waals surface area contributed by atoms with E-state index >= 15 is 0 Å². The van der Waals surface area contributed by atoms with Gasteiger partial charge in [0.2, 0.25) is 0 Å². The first-order chi connectivity index (χ1) is 7.25. The monoisotopic (exact) mass is 210 g/mol. The molecule has 1 rings (SSSR count). The Morgan fingerprint density at radius 3 is 2.20 bits per heavy atom. The molecule has 0 unspecified atom stereocenters. The van der Waals surface area contributed by atoms with E-state index in [2.05, 4.69) is 9.98 Å². The Morgan fingerprint density at radius 2 is 1.80 bits per heavy atom. The molecule has 0 radical (unpaired) electrons. The third-order valence-corrected chi connectivity index (χ3v) is 1.54. The second kappa shape index (κ2) is 10.7. The lowest BCUT2D eigenvalue weighted by atomic mass is 10.2. The average Bonchev–Trinajstić information content (AvgIpc) is 2.34. The minimum atomic E-state index is -0.0874. The lowest BCUT2D eigenvalue weighted by Gasteiger charge is -1.95. The van der Waals surface area contributed by atoms with Crippen molar-refractivity contribution in [1.82, 2.24) is 4.98 Å². The zero-order valence-corrected chi connectivity index (χ0v) is 10.6. The van der Waals surface area contributed by atoms with Crippen molar-refractivity contribution in [2.24, 2.45) is 4.99 Å². The van der Waals surface area contributed by atoms with Crippen LogP contribution < -0.4 is 5.56 Å². The Labute approximate surface area is 92.3 Å². The van der Waals surface area contributed by atoms with E-state index in [0.717, 1.165) is 5.71 Å². The minimum absolute atomic E-state index is 0.0874. The van der Waals surface area contributed by atoms with Crippen LogP contribution in [0.3, 0.4) is 0 Å². The van der Waals surface area contributed by atoms with E-state index in [1.54, 1.807) is 25.4 Å². The molecule has 0 saturated heterocycles. The predicted octanol–water partition coefficient (Wildman–Crippen LogP) is 2.87. The van der Waals surface area contributed by atoms with Crippen LogP contribution in [-0.2, 0) is 0 Å². The fourth-order valence-electron chi connectivity index (χ4n) is 0.827. The summed E-state index contributed by atoms with van der Waals surface area (Å²) in [5, 5.41) is 0. The van der Waals surface area contributed by atoms with Gasteiger partial charge in [0.1, 0.15) is 0 Å². The molecule has 0 aromatic carbocycles. The van der Waals surface area contributed by atoms with E-state index in [-0.39, 0.29) is 5.56 Å². The molecule has 0 amide bonds. The fraction of sp³-hybridized carbons (Fsp3) is 0.500. The summed E-state index contributed by atoms with van der Waals surface area (Å²) in [5.41, 5.74) is 1.30. The smallest absolute Gasteiger partial charge is 0.257 e. The van der Waals surface area contributed by atoms with Gasteiger partial charge in [-0.05, 0) is 19.1 Å². The largest absolute Gasteiger partial charge is 0.329 e. The second-order valence-electron chi connectivity index (χ2n) is 2.22. The molecule has 0 saturated carbocycles. The number of H-pyrrole nitrogens is 1. The van der Waals surface area contributed by atoms with E-state index in [1.165, 1.54) is 0 Å². The molecule has 3 heteroatoms. The van der Waals surface area contributed by atoms with Gasteiger partial charge in [-0.25, -0.2) is 0 Å². The van der Waals surface area contributed by atoms with Crippen molar-refractivity contribution in [3.8, 4) is 0 Å². The van der Waals surface area contributed by atoms with Crippen molar-refractivity contribution in [2.45, 2.75) is 34.6 Å². The molecule has 86 valence electrons. The van der Waals surface area contributed by atoms with Crippen LogP contribution in [0.5, 0.6) is 0 Å².